The summed E-state index contributed by atoms with van der Waals surface area (Å²) >= 11 is 1.68. The minimum absolute atomic E-state index is 0. The molecule has 0 unspecified atom stereocenters. The maximum atomic E-state index is 4.49. The van der Waals surface area contributed by atoms with Crippen molar-refractivity contribution in [3.05, 3.63) is 58.9 Å². The predicted octanol–water partition coefficient (Wildman–Crippen LogP) is 4.27. The van der Waals surface area contributed by atoms with Crippen LogP contribution in [0, 0.1) is 26.8 Å². The van der Waals surface area contributed by atoms with E-state index in [0.29, 0.717) is 0 Å². The Hall–Kier alpha value is -1.88. The molecule has 24 heavy (non-hydrogen) atoms. The van der Waals surface area contributed by atoms with E-state index in [0.717, 1.165) is 32.3 Å². The molecular weight excluding hydrogens is 497 g/mol. The van der Waals surface area contributed by atoms with Crippen LogP contribution in [-0.4, -0.2) is 19.7 Å². The van der Waals surface area contributed by atoms with Crippen LogP contribution in [0.1, 0.15) is 16.1 Å². The van der Waals surface area contributed by atoms with Crippen LogP contribution in [0.5, 0.6) is 0 Å². The zero-order valence-corrected chi connectivity index (χ0v) is 16.7. The van der Waals surface area contributed by atoms with E-state index in [4.69, 9.17) is 0 Å². The van der Waals surface area contributed by atoms with Gasteiger partial charge < -0.3 is 0 Å². The number of aromatic nitrogens is 4. The molecule has 0 spiro atoms. The Morgan fingerprint density at radius 3 is 2.62 bits per heavy atom. The summed E-state index contributed by atoms with van der Waals surface area (Å²) in [5.41, 5.74) is 5.34. The number of nitrogens with zero attached hydrogens (tertiary/aromatic N) is 4. The molecule has 0 aliphatic rings. The van der Waals surface area contributed by atoms with Gasteiger partial charge in [0.15, 0.2) is 0 Å². The average Bonchev–Trinajstić information content (AvgIpc) is 3.11. The largest absolute Gasteiger partial charge is 0.290 e. The quantitative estimate of drug-likeness (QED) is 0.378. The Kier molecular flexibility index (Phi) is 4.63. The summed E-state index contributed by atoms with van der Waals surface area (Å²) in [7, 11) is 0. The first-order chi connectivity index (χ1) is 11.1. The summed E-state index contributed by atoms with van der Waals surface area (Å²) in [6.07, 6.45) is 1.59. The molecule has 2 aromatic heterocycles. The van der Waals surface area contributed by atoms with Gasteiger partial charge in [-0.25, -0.2) is 0 Å². The van der Waals surface area contributed by atoms with Crippen LogP contribution in [0.25, 0.3) is 27.3 Å². The van der Waals surface area contributed by atoms with Crippen LogP contribution < -0.4 is 0 Å². The third kappa shape index (κ3) is 2.81. The van der Waals surface area contributed by atoms with E-state index in [9.17, 15) is 0 Å². The van der Waals surface area contributed by atoms with Crippen LogP contribution in [0.2, 0.25) is 0 Å². The number of benzene rings is 2. The molecule has 0 fully saturated rings. The second-order valence-electron chi connectivity index (χ2n) is 5.56. The van der Waals surface area contributed by atoms with Crippen molar-refractivity contribution in [3.63, 3.8) is 0 Å². The van der Waals surface area contributed by atoms with Gasteiger partial charge >= 0.3 is 0 Å². The van der Waals surface area contributed by atoms with Gasteiger partial charge in [0.1, 0.15) is 6.33 Å². The third-order valence-electron chi connectivity index (χ3n) is 3.87. The van der Waals surface area contributed by atoms with E-state index in [1.807, 2.05) is 17.7 Å². The predicted molar refractivity (Wildman–Crippen MR) is 93.0 cm³/mol. The number of hydrogen-bond donors (Lipinski definition) is 0. The van der Waals surface area contributed by atoms with Gasteiger partial charge in [-0.05, 0) is 42.1 Å². The maximum Gasteiger partial charge on any atom is 0.127 e. The van der Waals surface area contributed by atoms with E-state index in [2.05, 4.69) is 59.2 Å². The van der Waals surface area contributed by atoms with Crippen molar-refractivity contribution in [3.8, 4) is 17.1 Å². The van der Waals surface area contributed by atoms with Crippen molar-refractivity contribution in [1.29, 1.82) is 0 Å². The number of rotatable bonds is 2. The number of thiazole rings is 1. The summed E-state index contributed by atoms with van der Waals surface area (Å²) < 4.78 is 3.04. The minimum atomic E-state index is 0. The van der Waals surface area contributed by atoms with Gasteiger partial charge in [0.05, 0.1) is 16.5 Å². The topological polar surface area (TPSA) is 43.6 Å². The van der Waals surface area contributed by atoms with Crippen molar-refractivity contribution in [1.82, 2.24) is 19.7 Å². The number of fused-ring (bicyclic) bond motifs is 1. The van der Waals surface area contributed by atoms with Crippen molar-refractivity contribution >= 4 is 21.6 Å². The molecule has 0 atom stereocenters. The normalized spacial score (nSPS) is 10.8. The van der Waals surface area contributed by atoms with Gasteiger partial charge in [0, 0.05) is 20.1 Å². The molecule has 0 N–H and O–H groups in total. The van der Waals surface area contributed by atoms with E-state index in [1.54, 1.807) is 17.7 Å². The van der Waals surface area contributed by atoms with Crippen LogP contribution in [0.3, 0.4) is 0 Å². The fourth-order valence-corrected chi connectivity index (χ4v) is 3.69. The van der Waals surface area contributed by atoms with E-state index < -0.39 is 0 Å². The third-order valence-corrected chi connectivity index (χ3v) is 4.80. The minimum Gasteiger partial charge on any atom is -0.290 e. The molecule has 0 aliphatic carbocycles. The molecule has 2 heterocycles. The molecule has 0 bridgehead atoms. The maximum absolute atomic E-state index is 4.49. The zero-order valence-electron chi connectivity index (χ0n) is 13.5. The van der Waals surface area contributed by atoms with E-state index in [1.165, 1.54) is 11.1 Å². The number of para-hydroxylation sites is 1. The summed E-state index contributed by atoms with van der Waals surface area (Å²) in [6, 6.07) is 13.6. The Balaban J connectivity index is 0.00000169. The van der Waals surface area contributed by atoms with Crippen LogP contribution >= 0.6 is 11.3 Å². The van der Waals surface area contributed by atoms with Gasteiger partial charge in [0.2, 0.25) is 0 Å². The summed E-state index contributed by atoms with van der Waals surface area (Å²) in [5.74, 6) is 0.801. The summed E-state index contributed by atoms with van der Waals surface area (Å²) in [6.45, 7) is 6.20. The Labute approximate surface area is 157 Å². The first-order valence-corrected chi connectivity index (χ1v) is 8.21. The molecule has 4 aromatic rings. The zero-order chi connectivity index (χ0) is 16.0. The van der Waals surface area contributed by atoms with Crippen LogP contribution in [0.4, 0.5) is 0 Å². The molecule has 0 saturated carbocycles. The fourth-order valence-electron chi connectivity index (χ4n) is 2.84. The second-order valence-corrected chi connectivity index (χ2v) is 6.80. The van der Waals surface area contributed by atoms with E-state index >= 15 is 0 Å². The number of aryl methyl sites for hydroxylation is 3. The molecule has 0 saturated heterocycles. The standard InChI is InChI=1S/C18H15N4S.Ir/c1-11-5-4-6-12(2)17(11)22-18(19-10-20-22)14-7-8-15-16(9-14)23-13(3)21-15;/h4-6,8-10H,1-3H3;/q-1;. The average molecular weight is 512 g/mol. The van der Waals surface area contributed by atoms with Crippen LogP contribution in [-0.2, 0) is 20.1 Å². The van der Waals surface area contributed by atoms with Gasteiger partial charge in [-0.2, -0.15) is 5.10 Å². The van der Waals surface area contributed by atoms with Crippen molar-refractivity contribution in [2.45, 2.75) is 20.8 Å². The Morgan fingerprint density at radius 1 is 1.12 bits per heavy atom. The van der Waals surface area contributed by atoms with Crippen molar-refractivity contribution in [2.24, 2.45) is 0 Å². The molecule has 6 heteroatoms. The van der Waals surface area contributed by atoms with Gasteiger partial charge in [-0.15, -0.1) is 35.1 Å². The molecule has 0 aliphatic heterocycles. The fraction of sp³-hybridized carbons (Fsp3) is 0.167. The first-order valence-electron chi connectivity index (χ1n) is 7.39. The monoisotopic (exact) mass is 512 g/mol. The molecule has 4 nitrogen and oxygen atoms in total. The molecule has 2 aromatic carbocycles. The number of hydrogen-bond acceptors (Lipinski definition) is 4. The summed E-state index contributed by atoms with van der Waals surface area (Å²) in [5, 5.41) is 5.50. The van der Waals surface area contributed by atoms with Gasteiger partial charge in [0.25, 0.3) is 0 Å². The summed E-state index contributed by atoms with van der Waals surface area (Å²) in [4.78, 5) is 8.95. The molecule has 1 radical (unpaired) electrons. The molecule has 123 valence electrons. The van der Waals surface area contributed by atoms with Gasteiger partial charge in [-0.3, -0.25) is 14.6 Å². The smallest absolute Gasteiger partial charge is 0.127 e. The van der Waals surface area contributed by atoms with Crippen LogP contribution in [0.15, 0.2) is 36.7 Å². The Bertz CT molecular complexity index is 999. The Morgan fingerprint density at radius 2 is 1.88 bits per heavy atom. The van der Waals surface area contributed by atoms with E-state index in [-0.39, 0.29) is 20.1 Å². The van der Waals surface area contributed by atoms with Gasteiger partial charge in [-0.1, -0.05) is 18.2 Å². The molecular formula is C18H15IrN4S-. The SMILES string of the molecule is Cc1nc2c[c-]c(-c3ncnn3-c3c(C)cccc3C)cc2s1.[Ir]. The molecule has 4 rings (SSSR count). The van der Waals surface area contributed by atoms with Crippen molar-refractivity contribution < 1.29 is 20.1 Å². The first kappa shape index (κ1) is 17.0. The van der Waals surface area contributed by atoms with Crippen molar-refractivity contribution in [2.75, 3.05) is 0 Å². The molecule has 0 amide bonds. The second kappa shape index (κ2) is 6.55.